The van der Waals surface area contributed by atoms with Crippen LogP contribution in [0.15, 0.2) is 28.7 Å². The number of nitrogens with one attached hydrogen (secondary N) is 1. The van der Waals surface area contributed by atoms with E-state index < -0.39 is 0 Å². The van der Waals surface area contributed by atoms with Gasteiger partial charge in [-0.2, -0.15) is 0 Å². The monoisotopic (exact) mass is 294 g/mol. The third-order valence-corrected chi connectivity index (χ3v) is 4.12. The summed E-state index contributed by atoms with van der Waals surface area (Å²) in [5.41, 5.74) is 1.29. The number of piperidine rings is 1. The van der Waals surface area contributed by atoms with Crippen molar-refractivity contribution in [3.05, 3.63) is 34.3 Å². The van der Waals surface area contributed by atoms with Crippen LogP contribution in [0.3, 0.4) is 0 Å². The van der Waals surface area contributed by atoms with Gasteiger partial charge in [-0.1, -0.05) is 28.1 Å². The molecule has 1 N–H and O–H groups in total. The van der Waals surface area contributed by atoms with Gasteiger partial charge in [0.1, 0.15) is 0 Å². The van der Waals surface area contributed by atoms with E-state index in [1.54, 1.807) is 0 Å². The Morgan fingerprint density at radius 3 is 2.71 bits per heavy atom. The lowest BCUT2D eigenvalue weighted by Gasteiger charge is -2.47. The lowest BCUT2D eigenvalue weighted by molar-refractivity contribution is -0.142. The van der Waals surface area contributed by atoms with Gasteiger partial charge in [0.05, 0.1) is 6.04 Å². The molecule has 0 radical (unpaired) electrons. The van der Waals surface area contributed by atoms with Crippen LogP contribution in [-0.4, -0.2) is 36.0 Å². The summed E-state index contributed by atoms with van der Waals surface area (Å²) in [5, 5.41) is 3.27. The van der Waals surface area contributed by atoms with Crippen LogP contribution in [0.5, 0.6) is 0 Å². The molecule has 90 valence electrons. The van der Waals surface area contributed by atoms with Gasteiger partial charge >= 0.3 is 0 Å². The maximum Gasteiger partial charge on any atom is 0.239 e. The molecular weight excluding hydrogens is 280 g/mol. The summed E-state index contributed by atoms with van der Waals surface area (Å²) >= 11 is 3.42. The van der Waals surface area contributed by atoms with E-state index in [-0.39, 0.29) is 11.9 Å². The number of fused-ring (bicyclic) bond motifs is 2. The van der Waals surface area contributed by atoms with Gasteiger partial charge in [0.15, 0.2) is 0 Å². The average Bonchev–Trinajstić information content (AvgIpc) is 2.28. The largest absolute Gasteiger partial charge is 0.339 e. The van der Waals surface area contributed by atoms with Crippen LogP contribution >= 0.6 is 15.9 Å². The summed E-state index contributed by atoms with van der Waals surface area (Å²) in [5.74, 6) is 0.282. The lowest BCUT2D eigenvalue weighted by Crippen LogP contribution is -2.69. The number of nitrogens with zero attached hydrogens (tertiary/aromatic N) is 1. The Morgan fingerprint density at radius 1 is 1.35 bits per heavy atom. The second-order valence-corrected chi connectivity index (χ2v) is 5.73. The lowest BCUT2D eigenvalue weighted by atomic mass is 9.90. The van der Waals surface area contributed by atoms with E-state index in [0.29, 0.717) is 6.04 Å². The van der Waals surface area contributed by atoms with Crippen LogP contribution < -0.4 is 5.32 Å². The predicted octanol–water partition coefficient (Wildman–Crippen LogP) is 1.56. The molecule has 4 heteroatoms. The van der Waals surface area contributed by atoms with E-state index >= 15 is 0 Å². The van der Waals surface area contributed by atoms with E-state index in [9.17, 15) is 4.79 Å². The highest BCUT2D eigenvalue weighted by atomic mass is 79.9. The van der Waals surface area contributed by atoms with Gasteiger partial charge in [-0.05, 0) is 30.5 Å². The van der Waals surface area contributed by atoms with Gasteiger partial charge in [0, 0.05) is 23.6 Å². The molecule has 3 fully saturated rings. The molecule has 17 heavy (non-hydrogen) atoms. The SMILES string of the molecule is O=C1C2CC(CN1CCc1ccc(Br)cc1)N2. The minimum absolute atomic E-state index is 0.110. The minimum atomic E-state index is 0.110. The number of amides is 1. The average molecular weight is 295 g/mol. The van der Waals surface area contributed by atoms with Gasteiger partial charge in [-0.15, -0.1) is 0 Å². The number of halogens is 1. The van der Waals surface area contributed by atoms with Crippen molar-refractivity contribution in [2.75, 3.05) is 13.1 Å². The topological polar surface area (TPSA) is 32.3 Å². The fourth-order valence-electron chi connectivity index (χ4n) is 2.54. The third-order valence-electron chi connectivity index (χ3n) is 3.59. The Hall–Kier alpha value is -0.870. The molecule has 2 bridgehead atoms. The van der Waals surface area contributed by atoms with Crippen molar-refractivity contribution in [3.63, 3.8) is 0 Å². The molecule has 3 aliphatic heterocycles. The van der Waals surface area contributed by atoms with Crippen molar-refractivity contribution < 1.29 is 4.79 Å². The molecule has 3 aliphatic rings. The van der Waals surface area contributed by atoms with Crippen molar-refractivity contribution >= 4 is 21.8 Å². The maximum absolute atomic E-state index is 11.9. The van der Waals surface area contributed by atoms with Crippen molar-refractivity contribution in [1.29, 1.82) is 0 Å². The Bertz CT molecular complexity index is 426. The number of benzene rings is 1. The van der Waals surface area contributed by atoms with Crippen molar-refractivity contribution in [3.8, 4) is 0 Å². The van der Waals surface area contributed by atoms with E-state index in [4.69, 9.17) is 0 Å². The normalized spacial score (nSPS) is 26.9. The highest BCUT2D eigenvalue weighted by molar-refractivity contribution is 9.10. The van der Waals surface area contributed by atoms with Crippen LogP contribution in [0.4, 0.5) is 0 Å². The Balaban J connectivity index is 1.57. The fourth-order valence-corrected chi connectivity index (χ4v) is 2.80. The minimum Gasteiger partial charge on any atom is -0.339 e. The number of hydrogen-bond donors (Lipinski definition) is 1. The zero-order valence-corrected chi connectivity index (χ0v) is 11.1. The summed E-state index contributed by atoms with van der Waals surface area (Å²) in [6.45, 7) is 1.72. The Morgan fingerprint density at radius 2 is 2.06 bits per heavy atom. The molecule has 0 aliphatic carbocycles. The Labute approximate surface area is 109 Å². The predicted molar refractivity (Wildman–Crippen MR) is 69.8 cm³/mol. The number of carbonyl (C=O) groups is 1. The summed E-state index contributed by atoms with van der Waals surface area (Å²) in [4.78, 5) is 13.9. The molecule has 3 heterocycles. The van der Waals surface area contributed by atoms with Crippen LogP contribution in [0.1, 0.15) is 12.0 Å². The maximum atomic E-state index is 11.9. The first kappa shape index (κ1) is 11.2. The van der Waals surface area contributed by atoms with Gasteiger partial charge in [0.2, 0.25) is 5.91 Å². The number of rotatable bonds is 3. The smallest absolute Gasteiger partial charge is 0.239 e. The van der Waals surface area contributed by atoms with Crippen LogP contribution in [-0.2, 0) is 11.2 Å². The van der Waals surface area contributed by atoms with Gasteiger partial charge in [0.25, 0.3) is 0 Å². The van der Waals surface area contributed by atoms with Crippen LogP contribution in [0, 0.1) is 0 Å². The van der Waals surface area contributed by atoms with Crippen LogP contribution in [0.25, 0.3) is 0 Å². The standard InChI is InChI=1S/C13H15BrN2O/c14-10-3-1-9(2-4-10)5-6-16-8-11-7-12(15-11)13(16)17/h1-4,11-12,15H,5-8H2. The second-order valence-electron chi connectivity index (χ2n) is 4.81. The van der Waals surface area contributed by atoms with E-state index in [0.717, 1.165) is 30.4 Å². The summed E-state index contributed by atoms with van der Waals surface area (Å²) in [6, 6.07) is 8.97. The molecular formula is C13H15BrN2O. The molecule has 1 amide bonds. The molecule has 0 spiro atoms. The fraction of sp³-hybridized carbons (Fsp3) is 0.462. The molecule has 0 aromatic heterocycles. The van der Waals surface area contributed by atoms with E-state index in [2.05, 4.69) is 33.4 Å². The third kappa shape index (κ3) is 2.24. The van der Waals surface area contributed by atoms with E-state index in [1.165, 1.54) is 5.56 Å². The first-order chi connectivity index (χ1) is 8.22. The zero-order valence-electron chi connectivity index (χ0n) is 9.53. The van der Waals surface area contributed by atoms with Gasteiger partial charge in [-0.25, -0.2) is 0 Å². The first-order valence-corrected chi connectivity index (χ1v) is 6.81. The second kappa shape index (κ2) is 4.42. The summed E-state index contributed by atoms with van der Waals surface area (Å²) in [6.07, 6.45) is 1.98. The van der Waals surface area contributed by atoms with E-state index in [1.807, 2.05) is 17.0 Å². The molecule has 1 aromatic carbocycles. The van der Waals surface area contributed by atoms with Crippen molar-refractivity contribution in [2.45, 2.75) is 24.9 Å². The molecule has 2 unspecified atom stereocenters. The van der Waals surface area contributed by atoms with Crippen molar-refractivity contribution in [2.24, 2.45) is 0 Å². The Kier molecular flexibility index (Phi) is 2.92. The molecule has 0 saturated carbocycles. The van der Waals surface area contributed by atoms with Crippen LogP contribution in [0.2, 0.25) is 0 Å². The molecule has 1 aromatic rings. The van der Waals surface area contributed by atoms with Gasteiger partial charge < -0.3 is 10.2 Å². The number of hydrogen-bond acceptors (Lipinski definition) is 2. The number of piperazine rings is 1. The summed E-state index contributed by atoms with van der Waals surface area (Å²) < 4.78 is 1.10. The zero-order chi connectivity index (χ0) is 11.8. The first-order valence-electron chi connectivity index (χ1n) is 6.01. The molecule has 4 rings (SSSR count). The summed E-state index contributed by atoms with van der Waals surface area (Å²) in [7, 11) is 0. The van der Waals surface area contributed by atoms with Gasteiger partial charge in [-0.3, -0.25) is 4.79 Å². The number of carbonyl (C=O) groups excluding carboxylic acids is 1. The highest BCUT2D eigenvalue weighted by Crippen LogP contribution is 2.22. The van der Waals surface area contributed by atoms with Crippen molar-refractivity contribution in [1.82, 2.24) is 10.2 Å². The highest BCUT2D eigenvalue weighted by Gasteiger charge is 2.42. The quantitative estimate of drug-likeness (QED) is 0.918. The molecule has 3 saturated heterocycles. The molecule has 2 atom stereocenters. The molecule has 3 nitrogen and oxygen atoms in total.